The van der Waals surface area contributed by atoms with Gasteiger partial charge >= 0.3 is 5.97 Å². The van der Waals surface area contributed by atoms with E-state index >= 15 is 0 Å². The summed E-state index contributed by atoms with van der Waals surface area (Å²) in [5.41, 5.74) is 4.26. The first kappa shape index (κ1) is 21.4. The SMILES string of the molecule is CC(C)(C)OC(=O)Cn1c(-c2ccccc2C=O)c(C2CCCCC2)c2ccccc21. The van der Waals surface area contributed by atoms with E-state index in [4.69, 9.17) is 4.74 Å². The van der Waals surface area contributed by atoms with Crippen molar-refractivity contribution in [3.05, 3.63) is 59.7 Å². The Hall–Kier alpha value is -2.88. The van der Waals surface area contributed by atoms with Crippen molar-refractivity contribution in [1.82, 2.24) is 4.57 Å². The average molecular weight is 418 g/mol. The summed E-state index contributed by atoms with van der Waals surface area (Å²) >= 11 is 0. The third-order valence-electron chi connectivity index (χ3n) is 6.07. The molecule has 0 saturated heterocycles. The zero-order chi connectivity index (χ0) is 22.0. The molecule has 1 saturated carbocycles. The minimum Gasteiger partial charge on any atom is -0.459 e. The minimum atomic E-state index is -0.549. The molecule has 0 atom stereocenters. The summed E-state index contributed by atoms with van der Waals surface area (Å²) in [6, 6.07) is 16.0. The first-order valence-corrected chi connectivity index (χ1v) is 11.3. The highest BCUT2D eigenvalue weighted by atomic mass is 16.6. The maximum absolute atomic E-state index is 12.9. The fourth-order valence-electron chi connectivity index (χ4n) is 4.91. The van der Waals surface area contributed by atoms with Crippen LogP contribution < -0.4 is 0 Å². The molecule has 31 heavy (non-hydrogen) atoms. The van der Waals surface area contributed by atoms with Gasteiger partial charge in [-0.15, -0.1) is 0 Å². The lowest BCUT2D eigenvalue weighted by Crippen LogP contribution is -2.26. The van der Waals surface area contributed by atoms with Gasteiger partial charge in [0.05, 0.1) is 5.69 Å². The first-order valence-electron chi connectivity index (χ1n) is 11.3. The highest BCUT2D eigenvalue weighted by molar-refractivity contribution is 5.97. The van der Waals surface area contributed by atoms with Crippen LogP contribution in [0.25, 0.3) is 22.2 Å². The summed E-state index contributed by atoms with van der Waals surface area (Å²) in [5.74, 6) is 0.154. The molecule has 1 fully saturated rings. The summed E-state index contributed by atoms with van der Waals surface area (Å²) < 4.78 is 7.73. The van der Waals surface area contributed by atoms with Crippen molar-refractivity contribution in [3.8, 4) is 11.3 Å². The van der Waals surface area contributed by atoms with Crippen LogP contribution in [0.4, 0.5) is 0 Å². The molecule has 4 rings (SSSR count). The monoisotopic (exact) mass is 417 g/mol. The van der Waals surface area contributed by atoms with Crippen LogP contribution in [-0.2, 0) is 16.1 Å². The van der Waals surface area contributed by atoms with E-state index < -0.39 is 5.60 Å². The molecule has 1 heterocycles. The number of benzene rings is 2. The normalized spacial score (nSPS) is 15.2. The maximum Gasteiger partial charge on any atom is 0.326 e. The van der Waals surface area contributed by atoms with Crippen LogP contribution in [0.2, 0.25) is 0 Å². The van der Waals surface area contributed by atoms with Gasteiger partial charge in [-0.3, -0.25) is 9.59 Å². The first-order chi connectivity index (χ1) is 14.9. The average Bonchev–Trinajstić information content (AvgIpc) is 3.07. The van der Waals surface area contributed by atoms with Gasteiger partial charge in [0, 0.05) is 22.0 Å². The number of carbonyl (C=O) groups is 2. The molecule has 0 aliphatic heterocycles. The highest BCUT2D eigenvalue weighted by Crippen LogP contribution is 2.44. The van der Waals surface area contributed by atoms with Crippen molar-refractivity contribution in [2.24, 2.45) is 0 Å². The highest BCUT2D eigenvalue weighted by Gasteiger charge is 2.28. The quantitative estimate of drug-likeness (QED) is 0.351. The molecule has 0 unspecified atom stereocenters. The number of aromatic nitrogens is 1. The van der Waals surface area contributed by atoms with Gasteiger partial charge in [0.25, 0.3) is 0 Å². The predicted molar refractivity (Wildman–Crippen MR) is 124 cm³/mol. The molecule has 3 aromatic rings. The number of hydrogen-bond acceptors (Lipinski definition) is 3. The third kappa shape index (κ3) is 4.43. The smallest absolute Gasteiger partial charge is 0.326 e. The predicted octanol–water partition coefficient (Wildman–Crippen LogP) is 6.51. The minimum absolute atomic E-state index is 0.118. The molecule has 4 nitrogen and oxygen atoms in total. The number of para-hydroxylation sites is 1. The lowest BCUT2D eigenvalue weighted by atomic mass is 9.81. The van der Waals surface area contributed by atoms with Gasteiger partial charge in [-0.1, -0.05) is 61.7 Å². The third-order valence-corrected chi connectivity index (χ3v) is 6.07. The number of carbonyl (C=O) groups excluding carboxylic acids is 2. The molecule has 1 aliphatic carbocycles. The topological polar surface area (TPSA) is 48.3 Å². The van der Waals surface area contributed by atoms with E-state index in [1.165, 1.54) is 30.2 Å². The Balaban J connectivity index is 1.96. The van der Waals surface area contributed by atoms with E-state index in [1.807, 2.05) is 51.1 Å². The van der Waals surface area contributed by atoms with Crippen LogP contribution in [0.15, 0.2) is 48.5 Å². The zero-order valence-corrected chi connectivity index (χ0v) is 18.7. The Bertz CT molecular complexity index is 1100. The molecule has 4 heteroatoms. The number of hydrogen-bond donors (Lipinski definition) is 0. The summed E-state index contributed by atoms with van der Waals surface area (Å²) in [6.07, 6.45) is 6.88. The molecular weight excluding hydrogens is 386 g/mol. The Kier molecular flexibility index (Phi) is 5.99. The van der Waals surface area contributed by atoms with Gasteiger partial charge in [0.15, 0.2) is 6.29 Å². The van der Waals surface area contributed by atoms with Crippen molar-refractivity contribution in [2.45, 2.75) is 70.9 Å². The second kappa shape index (κ2) is 8.70. The van der Waals surface area contributed by atoms with Crippen molar-refractivity contribution >= 4 is 23.2 Å². The molecular formula is C27H31NO3. The zero-order valence-electron chi connectivity index (χ0n) is 18.7. The Morgan fingerprint density at radius 2 is 1.71 bits per heavy atom. The summed E-state index contributed by atoms with van der Waals surface area (Å²) in [5, 5.41) is 1.17. The van der Waals surface area contributed by atoms with Crippen LogP contribution in [0, 0.1) is 0 Å². The largest absolute Gasteiger partial charge is 0.459 e. The number of nitrogens with zero attached hydrogens (tertiary/aromatic N) is 1. The molecule has 2 aromatic carbocycles. The lowest BCUT2D eigenvalue weighted by molar-refractivity contribution is -0.155. The van der Waals surface area contributed by atoms with Crippen LogP contribution in [0.1, 0.15) is 74.7 Å². The number of fused-ring (bicyclic) bond motifs is 1. The van der Waals surface area contributed by atoms with Crippen molar-refractivity contribution < 1.29 is 14.3 Å². The summed E-state index contributed by atoms with van der Waals surface area (Å²) in [7, 11) is 0. The second-order valence-electron chi connectivity index (χ2n) is 9.49. The molecule has 0 spiro atoms. The van der Waals surface area contributed by atoms with Gasteiger partial charge in [0.2, 0.25) is 0 Å². The Labute approximate surface area is 184 Å². The summed E-state index contributed by atoms with van der Waals surface area (Å²) in [6.45, 7) is 5.77. The number of aldehydes is 1. The Morgan fingerprint density at radius 3 is 2.42 bits per heavy atom. The van der Waals surface area contributed by atoms with E-state index in [0.29, 0.717) is 11.5 Å². The molecule has 0 amide bonds. The van der Waals surface area contributed by atoms with Gasteiger partial charge < -0.3 is 9.30 Å². The summed E-state index contributed by atoms with van der Waals surface area (Å²) in [4.78, 5) is 24.8. The van der Waals surface area contributed by atoms with Crippen LogP contribution in [-0.4, -0.2) is 22.4 Å². The second-order valence-corrected chi connectivity index (χ2v) is 9.49. The van der Waals surface area contributed by atoms with E-state index in [-0.39, 0.29) is 12.5 Å². The molecule has 1 aliphatic rings. The van der Waals surface area contributed by atoms with E-state index in [1.54, 1.807) is 0 Å². The number of ether oxygens (including phenoxy) is 1. The van der Waals surface area contributed by atoms with Gasteiger partial charge in [-0.25, -0.2) is 0 Å². The lowest BCUT2D eigenvalue weighted by Gasteiger charge is -2.24. The number of rotatable bonds is 5. The van der Waals surface area contributed by atoms with E-state index in [2.05, 4.69) is 22.8 Å². The standard InChI is InChI=1S/C27H31NO3/c1-27(2,3)31-24(30)17-28-23-16-10-9-15-22(23)25(19-11-5-4-6-12-19)26(28)21-14-8-7-13-20(21)18-29/h7-10,13-16,18-19H,4-6,11-12,17H2,1-3H3. The van der Waals surface area contributed by atoms with E-state index in [0.717, 1.165) is 35.9 Å². The molecule has 0 N–H and O–H groups in total. The molecule has 1 aromatic heterocycles. The van der Waals surface area contributed by atoms with E-state index in [9.17, 15) is 9.59 Å². The van der Waals surface area contributed by atoms with Crippen LogP contribution >= 0.6 is 0 Å². The molecule has 0 radical (unpaired) electrons. The Morgan fingerprint density at radius 1 is 1.03 bits per heavy atom. The van der Waals surface area contributed by atoms with Crippen LogP contribution in [0.5, 0.6) is 0 Å². The molecule has 0 bridgehead atoms. The fraction of sp³-hybridized carbons (Fsp3) is 0.407. The van der Waals surface area contributed by atoms with Crippen molar-refractivity contribution in [3.63, 3.8) is 0 Å². The maximum atomic E-state index is 12.9. The fourth-order valence-corrected chi connectivity index (χ4v) is 4.91. The van der Waals surface area contributed by atoms with Gasteiger partial charge in [-0.2, -0.15) is 0 Å². The van der Waals surface area contributed by atoms with Gasteiger partial charge in [0.1, 0.15) is 12.1 Å². The van der Waals surface area contributed by atoms with Gasteiger partial charge in [-0.05, 0) is 51.2 Å². The van der Waals surface area contributed by atoms with Crippen LogP contribution in [0.3, 0.4) is 0 Å². The number of esters is 1. The van der Waals surface area contributed by atoms with Crippen molar-refractivity contribution in [1.29, 1.82) is 0 Å². The molecule has 162 valence electrons. The van der Waals surface area contributed by atoms with Crippen molar-refractivity contribution in [2.75, 3.05) is 0 Å².